The molecule has 2 nitrogen and oxygen atoms in total. The number of rotatable bonds is 7. The lowest BCUT2D eigenvalue weighted by molar-refractivity contribution is -0.114. The van der Waals surface area contributed by atoms with Gasteiger partial charge in [0.05, 0.1) is 0 Å². The molecule has 0 unspecified atom stereocenters. The molecule has 0 heterocycles. The largest absolute Gasteiger partial charge is 0.375 e. The average molecular weight is 209 g/mol. The Morgan fingerprint density at radius 3 is 2.13 bits per heavy atom. The van der Waals surface area contributed by atoms with Gasteiger partial charge in [0.2, 0.25) is 0 Å². The SMILES string of the molecule is CCCCN(CCCC)C1=CC(=O)CC1. The molecule has 0 aromatic carbocycles. The molecule has 0 radical (unpaired) electrons. The van der Waals surface area contributed by atoms with E-state index in [0.717, 1.165) is 25.9 Å². The van der Waals surface area contributed by atoms with Crippen molar-refractivity contribution >= 4 is 5.78 Å². The number of carbonyl (C=O) groups is 1. The van der Waals surface area contributed by atoms with Crippen LogP contribution < -0.4 is 0 Å². The summed E-state index contributed by atoms with van der Waals surface area (Å²) in [5, 5.41) is 0. The summed E-state index contributed by atoms with van der Waals surface area (Å²) in [6, 6.07) is 0. The van der Waals surface area contributed by atoms with E-state index >= 15 is 0 Å². The van der Waals surface area contributed by atoms with Gasteiger partial charge in [-0.05, 0) is 19.3 Å². The van der Waals surface area contributed by atoms with Gasteiger partial charge in [0.1, 0.15) is 0 Å². The molecule has 0 aliphatic heterocycles. The van der Waals surface area contributed by atoms with Crippen LogP contribution in [0.1, 0.15) is 52.4 Å². The Labute approximate surface area is 93.3 Å². The second kappa shape index (κ2) is 6.65. The predicted molar refractivity (Wildman–Crippen MR) is 63.7 cm³/mol. The lowest BCUT2D eigenvalue weighted by Crippen LogP contribution is -2.24. The molecule has 0 N–H and O–H groups in total. The summed E-state index contributed by atoms with van der Waals surface area (Å²) in [6.45, 7) is 6.67. The van der Waals surface area contributed by atoms with Crippen LogP contribution >= 0.6 is 0 Å². The molecule has 86 valence electrons. The van der Waals surface area contributed by atoms with Gasteiger partial charge in [-0.15, -0.1) is 0 Å². The Bertz CT molecular complexity index is 225. The van der Waals surface area contributed by atoms with Crippen molar-refractivity contribution in [1.82, 2.24) is 4.90 Å². The Balaban J connectivity index is 2.47. The first kappa shape index (κ1) is 12.3. The molecule has 15 heavy (non-hydrogen) atoms. The summed E-state index contributed by atoms with van der Waals surface area (Å²) in [6.07, 6.45) is 8.46. The molecule has 0 atom stereocenters. The van der Waals surface area contributed by atoms with Crippen LogP contribution in [0.25, 0.3) is 0 Å². The topological polar surface area (TPSA) is 20.3 Å². The number of hydrogen-bond donors (Lipinski definition) is 0. The van der Waals surface area contributed by atoms with Crippen LogP contribution in [0.15, 0.2) is 11.8 Å². The van der Waals surface area contributed by atoms with Gasteiger partial charge in [-0.25, -0.2) is 0 Å². The van der Waals surface area contributed by atoms with E-state index in [4.69, 9.17) is 0 Å². The summed E-state index contributed by atoms with van der Waals surface area (Å²) in [5.74, 6) is 0.308. The predicted octanol–water partition coefficient (Wildman–Crippen LogP) is 3.14. The van der Waals surface area contributed by atoms with E-state index in [0.29, 0.717) is 5.78 Å². The van der Waals surface area contributed by atoms with Crippen molar-refractivity contribution in [2.45, 2.75) is 52.4 Å². The first-order valence-corrected chi connectivity index (χ1v) is 6.26. The summed E-state index contributed by atoms with van der Waals surface area (Å²) in [5.41, 5.74) is 1.28. The van der Waals surface area contributed by atoms with Crippen molar-refractivity contribution in [1.29, 1.82) is 0 Å². The molecule has 0 saturated carbocycles. The van der Waals surface area contributed by atoms with Gasteiger partial charge in [0, 0.05) is 31.3 Å². The fraction of sp³-hybridized carbons (Fsp3) is 0.769. The molecule has 1 rings (SSSR count). The van der Waals surface area contributed by atoms with Crippen molar-refractivity contribution in [2.24, 2.45) is 0 Å². The van der Waals surface area contributed by atoms with Crippen LogP contribution in [0.3, 0.4) is 0 Å². The highest BCUT2D eigenvalue weighted by atomic mass is 16.1. The zero-order chi connectivity index (χ0) is 11.1. The minimum atomic E-state index is 0.308. The maximum atomic E-state index is 11.2. The Hall–Kier alpha value is -0.790. The number of allylic oxidation sites excluding steroid dienone is 2. The van der Waals surface area contributed by atoms with Gasteiger partial charge in [-0.3, -0.25) is 4.79 Å². The zero-order valence-corrected chi connectivity index (χ0v) is 10.1. The zero-order valence-electron chi connectivity index (χ0n) is 10.1. The highest BCUT2D eigenvalue weighted by Gasteiger charge is 2.16. The number of ketones is 1. The quantitative estimate of drug-likeness (QED) is 0.642. The van der Waals surface area contributed by atoms with E-state index in [-0.39, 0.29) is 0 Å². The van der Waals surface area contributed by atoms with E-state index < -0.39 is 0 Å². The van der Waals surface area contributed by atoms with Gasteiger partial charge in [-0.1, -0.05) is 26.7 Å². The number of unbranched alkanes of at least 4 members (excludes halogenated alkanes) is 2. The maximum Gasteiger partial charge on any atom is 0.157 e. The van der Waals surface area contributed by atoms with E-state index in [1.165, 1.54) is 31.4 Å². The molecule has 1 aliphatic rings. The molecule has 0 aromatic rings. The van der Waals surface area contributed by atoms with Gasteiger partial charge in [0.25, 0.3) is 0 Å². The second-order valence-electron chi connectivity index (χ2n) is 4.30. The molecule has 0 spiro atoms. The van der Waals surface area contributed by atoms with Crippen molar-refractivity contribution in [3.05, 3.63) is 11.8 Å². The van der Waals surface area contributed by atoms with Crippen LogP contribution in [0.4, 0.5) is 0 Å². The van der Waals surface area contributed by atoms with E-state index in [9.17, 15) is 4.79 Å². The summed E-state index contributed by atoms with van der Waals surface area (Å²) in [7, 11) is 0. The minimum absolute atomic E-state index is 0.308. The molecule has 2 heteroatoms. The fourth-order valence-corrected chi connectivity index (χ4v) is 1.93. The van der Waals surface area contributed by atoms with Gasteiger partial charge in [-0.2, -0.15) is 0 Å². The number of carbonyl (C=O) groups excluding carboxylic acids is 1. The standard InChI is InChI=1S/C13H23NO/c1-3-5-9-14(10-6-4-2)12-7-8-13(15)11-12/h11H,3-10H2,1-2H3. The third kappa shape index (κ3) is 4.06. The number of nitrogens with zero attached hydrogens (tertiary/aromatic N) is 1. The smallest absolute Gasteiger partial charge is 0.157 e. The second-order valence-corrected chi connectivity index (χ2v) is 4.30. The maximum absolute atomic E-state index is 11.2. The highest BCUT2D eigenvalue weighted by molar-refractivity contribution is 5.92. The third-order valence-corrected chi connectivity index (χ3v) is 2.92. The van der Waals surface area contributed by atoms with E-state index in [1.807, 2.05) is 6.08 Å². The van der Waals surface area contributed by atoms with Crippen LogP contribution in [-0.2, 0) is 4.79 Å². The first-order chi connectivity index (χ1) is 7.27. The van der Waals surface area contributed by atoms with Crippen LogP contribution in [-0.4, -0.2) is 23.8 Å². The fourth-order valence-electron chi connectivity index (χ4n) is 1.93. The molecule has 0 amide bonds. The van der Waals surface area contributed by atoms with E-state index in [2.05, 4.69) is 18.7 Å². The monoisotopic (exact) mass is 209 g/mol. The lowest BCUT2D eigenvalue weighted by atomic mass is 10.2. The van der Waals surface area contributed by atoms with E-state index in [1.54, 1.807) is 0 Å². The molecule has 1 aliphatic carbocycles. The lowest BCUT2D eigenvalue weighted by Gasteiger charge is -2.25. The minimum Gasteiger partial charge on any atom is -0.375 e. The van der Waals surface area contributed by atoms with Crippen molar-refractivity contribution in [3.8, 4) is 0 Å². The van der Waals surface area contributed by atoms with Crippen molar-refractivity contribution in [2.75, 3.05) is 13.1 Å². The first-order valence-electron chi connectivity index (χ1n) is 6.26. The Morgan fingerprint density at radius 2 is 1.73 bits per heavy atom. The normalized spacial score (nSPS) is 15.6. The summed E-state index contributed by atoms with van der Waals surface area (Å²) < 4.78 is 0. The Kier molecular flexibility index (Phi) is 5.44. The van der Waals surface area contributed by atoms with Gasteiger partial charge < -0.3 is 4.90 Å². The van der Waals surface area contributed by atoms with Gasteiger partial charge >= 0.3 is 0 Å². The van der Waals surface area contributed by atoms with Crippen LogP contribution in [0.5, 0.6) is 0 Å². The average Bonchev–Trinajstić information content (AvgIpc) is 2.65. The summed E-state index contributed by atoms with van der Waals surface area (Å²) >= 11 is 0. The molecule has 0 bridgehead atoms. The number of hydrogen-bond acceptors (Lipinski definition) is 2. The molecule has 0 saturated heterocycles. The Morgan fingerprint density at radius 1 is 1.13 bits per heavy atom. The highest BCUT2D eigenvalue weighted by Crippen LogP contribution is 2.20. The molecular weight excluding hydrogens is 186 g/mol. The summed E-state index contributed by atoms with van der Waals surface area (Å²) in [4.78, 5) is 13.6. The molecule has 0 fully saturated rings. The van der Waals surface area contributed by atoms with Crippen LogP contribution in [0, 0.1) is 0 Å². The molecular formula is C13H23NO. The van der Waals surface area contributed by atoms with Gasteiger partial charge in [0.15, 0.2) is 5.78 Å². The third-order valence-electron chi connectivity index (χ3n) is 2.92. The van der Waals surface area contributed by atoms with Crippen LogP contribution in [0.2, 0.25) is 0 Å². The molecule has 0 aromatic heterocycles. The van der Waals surface area contributed by atoms with Crippen molar-refractivity contribution < 1.29 is 4.79 Å². The van der Waals surface area contributed by atoms with Crippen molar-refractivity contribution in [3.63, 3.8) is 0 Å².